The first-order chi connectivity index (χ1) is 12.3. The summed E-state index contributed by atoms with van der Waals surface area (Å²) < 4.78 is 0. The Bertz CT molecular complexity index is 701. The molecule has 0 spiro atoms. The van der Waals surface area contributed by atoms with Gasteiger partial charge >= 0.3 is 0 Å². The average Bonchev–Trinajstić information content (AvgIpc) is 3.11. The van der Waals surface area contributed by atoms with Crippen LogP contribution in [0.4, 0.5) is 0 Å². The Kier molecular flexibility index (Phi) is 4.86. The van der Waals surface area contributed by atoms with Crippen molar-refractivity contribution in [2.24, 2.45) is 5.92 Å². The van der Waals surface area contributed by atoms with Crippen LogP contribution in [0.1, 0.15) is 61.3 Å². The van der Waals surface area contributed by atoms with E-state index in [1.54, 1.807) is 0 Å². The van der Waals surface area contributed by atoms with E-state index in [-0.39, 0.29) is 11.9 Å². The number of amides is 1. The minimum atomic E-state index is 0.236. The Morgan fingerprint density at radius 2 is 1.92 bits per heavy atom. The second-order valence-corrected chi connectivity index (χ2v) is 7.71. The third kappa shape index (κ3) is 3.94. The van der Waals surface area contributed by atoms with Crippen LogP contribution in [0.3, 0.4) is 0 Å². The zero-order chi connectivity index (χ0) is 17.1. The van der Waals surface area contributed by atoms with Gasteiger partial charge in [0.2, 0.25) is 5.91 Å². The molecular formula is C21H27N3O. The largest absolute Gasteiger partial charge is 0.353 e. The Labute approximate surface area is 149 Å². The Morgan fingerprint density at radius 3 is 2.72 bits per heavy atom. The number of aryl methyl sites for hydroxylation is 1. The molecule has 0 aliphatic heterocycles. The number of rotatable bonds is 4. The van der Waals surface area contributed by atoms with Crippen molar-refractivity contribution in [3.8, 4) is 0 Å². The zero-order valence-electron chi connectivity index (χ0n) is 14.7. The van der Waals surface area contributed by atoms with E-state index in [0.29, 0.717) is 18.3 Å². The summed E-state index contributed by atoms with van der Waals surface area (Å²) in [5, 5.41) is 10.4. The summed E-state index contributed by atoms with van der Waals surface area (Å²) in [5.74, 6) is 1.46. The summed E-state index contributed by atoms with van der Waals surface area (Å²) in [6.45, 7) is 0. The fourth-order valence-corrected chi connectivity index (χ4v) is 4.51. The molecule has 1 saturated carbocycles. The topological polar surface area (TPSA) is 57.8 Å². The highest BCUT2D eigenvalue weighted by Gasteiger charge is 2.26. The first-order valence-electron chi connectivity index (χ1n) is 9.63. The van der Waals surface area contributed by atoms with Crippen molar-refractivity contribution in [2.75, 3.05) is 0 Å². The molecule has 0 saturated heterocycles. The third-order valence-corrected chi connectivity index (χ3v) is 5.97. The lowest BCUT2D eigenvalue weighted by atomic mass is 9.77. The lowest BCUT2D eigenvalue weighted by molar-refractivity contribution is -0.123. The van der Waals surface area contributed by atoms with Crippen LogP contribution < -0.4 is 5.32 Å². The maximum absolute atomic E-state index is 12.4. The summed E-state index contributed by atoms with van der Waals surface area (Å²) in [7, 11) is 0. The third-order valence-electron chi connectivity index (χ3n) is 5.97. The number of nitrogens with one attached hydrogen (secondary N) is 2. The van der Waals surface area contributed by atoms with Crippen molar-refractivity contribution in [1.82, 2.24) is 15.5 Å². The van der Waals surface area contributed by atoms with Crippen LogP contribution >= 0.6 is 0 Å². The quantitative estimate of drug-likeness (QED) is 0.893. The molecule has 4 heteroatoms. The number of hydrogen-bond donors (Lipinski definition) is 2. The molecule has 4 rings (SSSR count). The number of carbonyl (C=O) groups is 1. The van der Waals surface area contributed by atoms with Crippen molar-refractivity contribution in [3.05, 3.63) is 53.3 Å². The zero-order valence-corrected chi connectivity index (χ0v) is 14.7. The van der Waals surface area contributed by atoms with Crippen LogP contribution in [0.15, 0.2) is 36.5 Å². The van der Waals surface area contributed by atoms with Crippen molar-refractivity contribution < 1.29 is 4.79 Å². The van der Waals surface area contributed by atoms with Crippen LogP contribution in [0.25, 0.3) is 0 Å². The Hall–Kier alpha value is -2.10. The first kappa shape index (κ1) is 16.4. The lowest BCUT2D eigenvalue weighted by Crippen LogP contribution is -2.39. The minimum absolute atomic E-state index is 0.236. The molecule has 1 unspecified atom stereocenters. The van der Waals surface area contributed by atoms with Crippen LogP contribution in [0, 0.1) is 5.92 Å². The predicted molar refractivity (Wildman–Crippen MR) is 98.3 cm³/mol. The van der Waals surface area contributed by atoms with Gasteiger partial charge in [0, 0.05) is 18.2 Å². The van der Waals surface area contributed by atoms with E-state index in [0.717, 1.165) is 19.3 Å². The maximum atomic E-state index is 12.4. The standard InChI is InChI=1S/C21H27N3O/c25-21(23-19-10-11-20-18(13-19)14-22-24-20)12-15-6-8-17(9-7-15)16-4-2-1-3-5-16/h1-5,14-15,17,19H,6-13H2,(H,22,24)(H,23,25). The number of aromatic nitrogens is 2. The molecule has 132 valence electrons. The van der Waals surface area contributed by atoms with Crippen molar-refractivity contribution >= 4 is 5.91 Å². The predicted octanol–water partition coefficient (Wildman–Crippen LogP) is 3.75. The van der Waals surface area contributed by atoms with Crippen LogP contribution in [0.2, 0.25) is 0 Å². The van der Waals surface area contributed by atoms with Gasteiger partial charge in [0.25, 0.3) is 0 Å². The molecule has 1 atom stereocenters. The lowest BCUT2D eigenvalue weighted by Gasteiger charge is -2.29. The minimum Gasteiger partial charge on any atom is -0.353 e. The maximum Gasteiger partial charge on any atom is 0.220 e. The molecule has 1 aromatic carbocycles. The van der Waals surface area contributed by atoms with E-state index in [1.807, 2.05) is 6.20 Å². The number of aromatic amines is 1. The van der Waals surface area contributed by atoms with Gasteiger partial charge in [0.05, 0.1) is 6.20 Å². The molecule has 2 aromatic rings. The van der Waals surface area contributed by atoms with Gasteiger partial charge < -0.3 is 5.32 Å². The van der Waals surface area contributed by atoms with Gasteiger partial charge in [-0.1, -0.05) is 30.3 Å². The number of fused-ring (bicyclic) bond motifs is 1. The highest BCUT2D eigenvalue weighted by atomic mass is 16.1. The van der Waals surface area contributed by atoms with Gasteiger partial charge in [-0.3, -0.25) is 9.89 Å². The molecule has 4 nitrogen and oxygen atoms in total. The summed E-state index contributed by atoms with van der Waals surface area (Å²) in [5.41, 5.74) is 3.97. The highest BCUT2D eigenvalue weighted by molar-refractivity contribution is 5.76. The molecule has 0 bridgehead atoms. The van der Waals surface area contributed by atoms with Crippen LogP contribution in [-0.2, 0) is 17.6 Å². The summed E-state index contributed by atoms with van der Waals surface area (Å²) >= 11 is 0. The van der Waals surface area contributed by atoms with E-state index >= 15 is 0 Å². The summed E-state index contributed by atoms with van der Waals surface area (Å²) in [6, 6.07) is 11.1. The second-order valence-electron chi connectivity index (χ2n) is 7.71. The van der Waals surface area contributed by atoms with Crippen molar-refractivity contribution in [2.45, 2.75) is 63.3 Å². The van der Waals surface area contributed by atoms with Crippen molar-refractivity contribution in [3.63, 3.8) is 0 Å². The Morgan fingerprint density at radius 1 is 1.12 bits per heavy atom. The number of H-pyrrole nitrogens is 1. The average molecular weight is 337 g/mol. The van der Waals surface area contributed by atoms with E-state index in [1.165, 1.54) is 42.5 Å². The van der Waals surface area contributed by atoms with E-state index < -0.39 is 0 Å². The molecule has 1 heterocycles. The van der Waals surface area contributed by atoms with E-state index in [2.05, 4.69) is 45.8 Å². The molecule has 2 aliphatic carbocycles. The molecular weight excluding hydrogens is 310 g/mol. The fraction of sp³-hybridized carbons (Fsp3) is 0.524. The number of carbonyl (C=O) groups excluding carboxylic acids is 1. The molecule has 0 radical (unpaired) electrons. The van der Waals surface area contributed by atoms with E-state index in [9.17, 15) is 4.79 Å². The monoisotopic (exact) mass is 337 g/mol. The first-order valence-corrected chi connectivity index (χ1v) is 9.63. The highest BCUT2D eigenvalue weighted by Crippen LogP contribution is 2.36. The van der Waals surface area contributed by atoms with Gasteiger partial charge in [-0.15, -0.1) is 0 Å². The molecule has 1 amide bonds. The van der Waals surface area contributed by atoms with Gasteiger partial charge in [0.1, 0.15) is 0 Å². The van der Waals surface area contributed by atoms with Gasteiger partial charge in [-0.05, 0) is 67.9 Å². The normalized spacial score (nSPS) is 26.0. The second kappa shape index (κ2) is 7.42. The van der Waals surface area contributed by atoms with Crippen LogP contribution in [-0.4, -0.2) is 22.1 Å². The number of hydrogen-bond acceptors (Lipinski definition) is 2. The molecule has 25 heavy (non-hydrogen) atoms. The van der Waals surface area contributed by atoms with Gasteiger partial charge in [-0.25, -0.2) is 0 Å². The van der Waals surface area contributed by atoms with Crippen LogP contribution in [0.5, 0.6) is 0 Å². The summed E-state index contributed by atoms with van der Waals surface area (Å²) in [4.78, 5) is 12.4. The molecule has 1 aromatic heterocycles. The van der Waals surface area contributed by atoms with Gasteiger partial charge in [-0.2, -0.15) is 5.10 Å². The number of benzene rings is 1. The van der Waals surface area contributed by atoms with E-state index in [4.69, 9.17) is 0 Å². The molecule has 2 aliphatic rings. The molecule has 2 N–H and O–H groups in total. The number of nitrogens with zero attached hydrogens (tertiary/aromatic N) is 1. The van der Waals surface area contributed by atoms with Crippen molar-refractivity contribution in [1.29, 1.82) is 0 Å². The fourth-order valence-electron chi connectivity index (χ4n) is 4.51. The smallest absolute Gasteiger partial charge is 0.220 e. The summed E-state index contributed by atoms with van der Waals surface area (Å²) in [6.07, 6.45) is 10.3. The SMILES string of the molecule is O=C(CC1CCC(c2ccccc2)CC1)NC1CCc2[nH]ncc2C1. The molecule has 1 fully saturated rings. The van der Waals surface area contributed by atoms with Gasteiger partial charge in [0.15, 0.2) is 0 Å². The Balaban J connectivity index is 1.23.